The van der Waals surface area contributed by atoms with Crippen LogP contribution in [0.15, 0.2) is 58.8 Å². The molecule has 2 aromatic heterocycles. The third kappa shape index (κ3) is 4.19. The lowest BCUT2D eigenvalue weighted by Crippen LogP contribution is -2.14. The van der Waals surface area contributed by atoms with Crippen LogP contribution < -0.4 is 0 Å². The summed E-state index contributed by atoms with van der Waals surface area (Å²) in [7, 11) is 1.92. The van der Waals surface area contributed by atoms with Crippen LogP contribution in [0, 0.1) is 5.92 Å². The maximum atomic E-state index is 5.01. The first-order valence-electron chi connectivity index (χ1n) is 9.35. The summed E-state index contributed by atoms with van der Waals surface area (Å²) in [6.45, 7) is 8.50. The van der Waals surface area contributed by atoms with E-state index in [1.807, 2.05) is 42.3 Å². The first kappa shape index (κ1) is 19.5. The molecule has 0 saturated carbocycles. The number of halogens is 1. The maximum absolute atomic E-state index is 5.01. The predicted molar refractivity (Wildman–Crippen MR) is 118 cm³/mol. The fraction of sp³-hybridized carbons (Fsp3) is 0.318. The second-order valence-electron chi connectivity index (χ2n) is 6.72. The van der Waals surface area contributed by atoms with Crippen molar-refractivity contribution in [1.29, 1.82) is 0 Å². The van der Waals surface area contributed by atoms with Gasteiger partial charge in [0.2, 0.25) is 0 Å². The predicted octanol–water partition coefficient (Wildman–Crippen LogP) is 6.44. The number of aryl methyl sites for hydroxylation is 1. The van der Waals surface area contributed by atoms with Gasteiger partial charge >= 0.3 is 0 Å². The van der Waals surface area contributed by atoms with Gasteiger partial charge in [0.15, 0.2) is 5.82 Å². The molecule has 0 bridgehead atoms. The Labute approximate surface area is 169 Å². The Balaban J connectivity index is 2.11. The zero-order chi connectivity index (χ0) is 19.4. The largest absolute Gasteiger partial charge is 0.256 e. The minimum absolute atomic E-state index is 0.374. The van der Waals surface area contributed by atoms with Crippen molar-refractivity contribution >= 4 is 38.4 Å². The van der Waals surface area contributed by atoms with E-state index in [2.05, 4.69) is 58.6 Å². The molecule has 27 heavy (non-hydrogen) atoms. The van der Waals surface area contributed by atoms with Gasteiger partial charge in [0.1, 0.15) is 0 Å². The highest BCUT2D eigenvalue weighted by Gasteiger charge is 2.18. The van der Waals surface area contributed by atoms with Crippen molar-refractivity contribution in [2.24, 2.45) is 18.0 Å². The summed E-state index contributed by atoms with van der Waals surface area (Å²) in [4.78, 5) is 9.60. The quantitative estimate of drug-likeness (QED) is 0.409. The highest BCUT2D eigenvalue weighted by atomic mass is 79.9. The first-order chi connectivity index (χ1) is 13.0. The normalized spacial score (nSPS) is 13.1. The number of hydrogen-bond donors (Lipinski definition) is 0. The lowest BCUT2D eigenvalue weighted by molar-refractivity contribution is 0.596. The average molecular weight is 425 g/mol. The van der Waals surface area contributed by atoms with Gasteiger partial charge < -0.3 is 0 Å². The minimum Gasteiger partial charge on any atom is -0.256 e. The number of aromatic nitrogens is 3. The third-order valence-corrected chi connectivity index (χ3v) is 5.24. The molecule has 1 aromatic carbocycles. The standard InChI is InChI=1S/C22H25BrN4/c1-5-9-16(6-2)21(15(3)23)26-22-19(14-25-27(22)4)18-12-17-10-7-8-11-20(17)24-13-18/h7-8,10-14,16H,3,5-6,9H2,1-2,4H3/b26-21+. The van der Waals surface area contributed by atoms with E-state index in [1.165, 1.54) is 0 Å². The molecule has 2 heterocycles. The molecule has 0 fully saturated rings. The Morgan fingerprint density at radius 2 is 2.04 bits per heavy atom. The van der Waals surface area contributed by atoms with Gasteiger partial charge in [-0.15, -0.1) is 0 Å². The number of nitrogens with zero attached hydrogens (tertiary/aromatic N) is 4. The van der Waals surface area contributed by atoms with Crippen LogP contribution in [0.3, 0.4) is 0 Å². The summed E-state index contributed by atoms with van der Waals surface area (Å²) in [5, 5.41) is 5.56. The van der Waals surface area contributed by atoms with E-state index in [4.69, 9.17) is 4.99 Å². The average Bonchev–Trinajstić information content (AvgIpc) is 3.04. The molecule has 3 aromatic rings. The third-order valence-electron chi connectivity index (χ3n) is 4.83. The number of allylic oxidation sites excluding steroid dienone is 1. The zero-order valence-electron chi connectivity index (χ0n) is 16.1. The van der Waals surface area contributed by atoms with E-state index in [9.17, 15) is 0 Å². The highest BCUT2D eigenvalue weighted by Crippen LogP contribution is 2.33. The molecule has 0 spiro atoms. The lowest BCUT2D eigenvalue weighted by Gasteiger charge is -2.17. The summed E-state index contributed by atoms with van der Waals surface area (Å²) in [5.41, 5.74) is 3.98. The number of aliphatic imine (C=N–C) groups is 1. The van der Waals surface area contributed by atoms with Crippen molar-refractivity contribution in [2.75, 3.05) is 0 Å². The maximum Gasteiger partial charge on any atom is 0.158 e. The summed E-state index contributed by atoms with van der Waals surface area (Å²) in [6, 6.07) is 10.3. The van der Waals surface area contributed by atoms with Gasteiger partial charge in [0.05, 0.1) is 17.4 Å². The number of rotatable bonds is 7. The van der Waals surface area contributed by atoms with E-state index in [0.717, 1.165) is 57.3 Å². The molecule has 140 valence electrons. The molecule has 0 radical (unpaired) electrons. The SMILES string of the molecule is C=C(Br)/C(=N\c1c(-c2cnc3ccccc3c2)cnn1C)C(CC)CCC. The van der Waals surface area contributed by atoms with E-state index >= 15 is 0 Å². The molecule has 1 atom stereocenters. The Hall–Kier alpha value is -2.27. The number of hydrogen-bond acceptors (Lipinski definition) is 3. The van der Waals surface area contributed by atoms with Gasteiger partial charge in [-0.05, 0) is 40.9 Å². The van der Waals surface area contributed by atoms with E-state index in [-0.39, 0.29) is 0 Å². The van der Waals surface area contributed by atoms with Crippen LogP contribution in [0.4, 0.5) is 5.82 Å². The van der Waals surface area contributed by atoms with Crippen LogP contribution >= 0.6 is 15.9 Å². The summed E-state index contributed by atoms with van der Waals surface area (Å²) in [5.74, 6) is 1.21. The molecule has 0 aliphatic rings. The van der Waals surface area contributed by atoms with Gasteiger partial charge in [-0.1, -0.05) is 45.0 Å². The summed E-state index contributed by atoms with van der Waals surface area (Å²) >= 11 is 3.57. The fourth-order valence-corrected chi connectivity index (χ4v) is 3.77. The van der Waals surface area contributed by atoms with Crippen molar-refractivity contribution in [3.63, 3.8) is 0 Å². The molecule has 0 saturated heterocycles. The molecule has 0 amide bonds. The Bertz CT molecular complexity index is 987. The molecule has 0 aliphatic heterocycles. The van der Waals surface area contributed by atoms with E-state index < -0.39 is 0 Å². The van der Waals surface area contributed by atoms with Gasteiger partial charge in [0.25, 0.3) is 0 Å². The number of para-hydroxylation sites is 1. The first-order valence-corrected chi connectivity index (χ1v) is 10.1. The number of pyridine rings is 1. The molecular formula is C22H25BrN4. The number of fused-ring (bicyclic) bond motifs is 1. The summed E-state index contributed by atoms with van der Waals surface area (Å²) in [6.07, 6.45) is 6.99. The molecule has 4 nitrogen and oxygen atoms in total. The van der Waals surface area contributed by atoms with Crippen molar-refractivity contribution in [2.45, 2.75) is 33.1 Å². The molecular weight excluding hydrogens is 400 g/mol. The Morgan fingerprint density at radius 3 is 2.74 bits per heavy atom. The second kappa shape index (κ2) is 8.61. The van der Waals surface area contributed by atoms with E-state index in [1.54, 1.807) is 0 Å². The summed E-state index contributed by atoms with van der Waals surface area (Å²) < 4.78 is 2.66. The van der Waals surface area contributed by atoms with Crippen LogP contribution in [0.25, 0.3) is 22.0 Å². The molecule has 3 rings (SSSR count). The monoisotopic (exact) mass is 424 g/mol. The smallest absolute Gasteiger partial charge is 0.158 e. The van der Waals surface area contributed by atoms with Gasteiger partial charge in [-0.2, -0.15) is 5.10 Å². The molecule has 1 unspecified atom stereocenters. The highest BCUT2D eigenvalue weighted by molar-refractivity contribution is 9.12. The van der Waals surface area contributed by atoms with Crippen LogP contribution in [0.5, 0.6) is 0 Å². The van der Waals surface area contributed by atoms with Gasteiger partial charge in [-0.3, -0.25) is 9.67 Å². The van der Waals surface area contributed by atoms with Crippen molar-refractivity contribution < 1.29 is 0 Å². The van der Waals surface area contributed by atoms with Crippen LogP contribution in [-0.2, 0) is 7.05 Å². The van der Waals surface area contributed by atoms with Gasteiger partial charge in [0, 0.05) is 40.2 Å². The minimum atomic E-state index is 0.374. The Kier molecular flexibility index (Phi) is 6.22. The lowest BCUT2D eigenvalue weighted by atomic mass is 9.95. The zero-order valence-corrected chi connectivity index (χ0v) is 17.7. The molecule has 0 N–H and O–H groups in total. The Morgan fingerprint density at radius 1 is 1.26 bits per heavy atom. The van der Waals surface area contributed by atoms with E-state index in [0.29, 0.717) is 5.92 Å². The molecule has 5 heteroatoms. The topological polar surface area (TPSA) is 43.1 Å². The van der Waals surface area contributed by atoms with Gasteiger partial charge in [-0.25, -0.2) is 4.99 Å². The number of benzene rings is 1. The van der Waals surface area contributed by atoms with Crippen molar-refractivity contribution in [3.05, 3.63) is 53.8 Å². The second-order valence-corrected chi connectivity index (χ2v) is 7.68. The van der Waals surface area contributed by atoms with Crippen LogP contribution in [0.2, 0.25) is 0 Å². The fourth-order valence-electron chi connectivity index (χ4n) is 3.36. The van der Waals surface area contributed by atoms with Crippen molar-refractivity contribution in [1.82, 2.24) is 14.8 Å². The molecule has 0 aliphatic carbocycles. The van der Waals surface area contributed by atoms with Crippen LogP contribution in [0.1, 0.15) is 33.1 Å². The van der Waals surface area contributed by atoms with Crippen molar-refractivity contribution in [3.8, 4) is 11.1 Å². The van der Waals surface area contributed by atoms with Crippen LogP contribution in [-0.4, -0.2) is 20.5 Å².